The standard InChI is InChI=1S/C16H15Cl2NO2S/c17-12-5-3-10(8-13(12)18)15-6-4-11(22-15)9-19-7-1-2-14(19)16(20)21/h3-6,8,14H,1-2,7,9H2,(H,20,21). The Morgan fingerprint density at radius 3 is 2.82 bits per heavy atom. The molecule has 22 heavy (non-hydrogen) atoms. The summed E-state index contributed by atoms with van der Waals surface area (Å²) in [6, 6.07) is 9.34. The smallest absolute Gasteiger partial charge is 0.320 e. The fourth-order valence-corrected chi connectivity index (χ4v) is 4.09. The van der Waals surface area contributed by atoms with E-state index in [1.807, 2.05) is 23.1 Å². The molecular weight excluding hydrogens is 341 g/mol. The van der Waals surface area contributed by atoms with Gasteiger partial charge in [-0.25, -0.2) is 0 Å². The molecule has 6 heteroatoms. The summed E-state index contributed by atoms with van der Waals surface area (Å²) in [6.07, 6.45) is 1.68. The Bertz CT molecular complexity index is 701. The molecule has 1 aliphatic rings. The first-order valence-corrected chi connectivity index (χ1v) is 8.63. The Balaban J connectivity index is 1.76. The van der Waals surface area contributed by atoms with Crippen molar-refractivity contribution in [1.29, 1.82) is 0 Å². The Kier molecular flexibility index (Phi) is 4.73. The van der Waals surface area contributed by atoms with Gasteiger partial charge in [-0.2, -0.15) is 0 Å². The van der Waals surface area contributed by atoms with Gasteiger partial charge in [-0.05, 0) is 49.2 Å². The van der Waals surface area contributed by atoms with Gasteiger partial charge >= 0.3 is 5.97 Å². The van der Waals surface area contributed by atoms with Crippen LogP contribution in [0.5, 0.6) is 0 Å². The fraction of sp³-hybridized carbons (Fsp3) is 0.312. The molecule has 2 heterocycles. The minimum Gasteiger partial charge on any atom is -0.480 e. The molecular formula is C16H15Cl2NO2S. The Morgan fingerprint density at radius 2 is 2.09 bits per heavy atom. The van der Waals surface area contributed by atoms with E-state index >= 15 is 0 Å². The Hall–Kier alpha value is -1.07. The molecule has 1 saturated heterocycles. The SMILES string of the molecule is O=C(O)C1CCCN1Cc1ccc(-c2ccc(Cl)c(Cl)c2)s1. The number of hydrogen-bond acceptors (Lipinski definition) is 3. The van der Waals surface area contributed by atoms with Crippen molar-refractivity contribution >= 4 is 40.5 Å². The maximum atomic E-state index is 11.2. The molecule has 1 N–H and O–H groups in total. The number of aliphatic carboxylic acids is 1. The maximum Gasteiger partial charge on any atom is 0.320 e. The number of benzene rings is 1. The van der Waals surface area contributed by atoms with E-state index in [-0.39, 0.29) is 6.04 Å². The highest BCUT2D eigenvalue weighted by molar-refractivity contribution is 7.15. The van der Waals surface area contributed by atoms with Crippen LogP contribution in [0, 0.1) is 0 Å². The Morgan fingerprint density at radius 1 is 1.27 bits per heavy atom. The minimum absolute atomic E-state index is 0.351. The molecule has 1 unspecified atom stereocenters. The Labute approximate surface area is 143 Å². The first kappa shape index (κ1) is 15.8. The highest BCUT2D eigenvalue weighted by Gasteiger charge is 2.30. The number of rotatable bonds is 4. The lowest BCUT2D eigenvalue weighted by atomic mass is 10.2. The van der Waals surface area contributed by atoms with Crippen molar-refractivity contribution in [3.05, 3.63) is 45.3 Å². The van der Waals surface area contributed by atoms with Crippen molar-refractivity contribution < 1.29 is 9.90 Å². The predicted octanol–water partition coefficient (Wildman–Crippen LogP) is 4.77. The lowest BCUT2D eigenvalue weighted by Gasteiger charge is -2.19. The fourth-order valence-electron chi connectivity index (χ4n) is 2.76. The van der Waals surface area contributed by atoms with E-state index in [1.54, 1.807) is 17.4 Å². The highest BCUT2D eigenvalue weighted by Crippen LogP contribution is 2.33. The third-order valence-corrected chi connectivity index (χ3v) is 5.73. The van der Waals surface area contributed by atoms with E-state index in [0.29, 0.717) is 16.6 Å². The van der Waals surface area contributed by atoms with Gasteiger partial charge in [0.1, 0.15) is 6.04 Å². The van der Waals surface area contributed by atoms with Crippen LogP contribution in [0.15, 0.2) is 30.3 Å². The number of carbonyl (C=O) groups is 1. The summed E-state index contributed by atoms with van der Waals surface area (Å²) in [7, 11) is 0. The van der Waals surface area contributed by atoms with Crippen LogP contribution in [-0.2, 0) is 11.3 Å². The van der Waals surface area contributed by atoms with E-state index in [2.05, 4.69) is 6.07 Å². The summed E-state index contributed by atoms with van der Waals surface area (Å²) in [4.78, 5) is 15.5. The van der Waals surface area contributed by atoms with Crippen molar-refractivity contribution in [3.8, 4) is 10.4 Å². The number of carboxylic acid groups (broad SMARTS) is 1. The van der Waals surface area contributed by atoms with Crippen LogP contribution in [0.2, 0.25) is 10.0 Å². The van der Waals surface area contributed by atoms with E-state index in [0.717, 1.165) is 34.7 Å². The molecule has 1 fully saturated rings. The zero-order valence-electron chi connectivity index (χ0n) is 11.8. The summed E-state index contributed by atoms with van der Waals surface area (Å²) in [6.45, 7) is 1.53. The van der Waals surface area contributed by atoms with Crippen molar-refractivity contribution in [2.45, 2.75) is 25.4 Å². The van der Waals surface area contributed by atoms with Crippen LogP contribution in [0.3, 0.4) is 0 Å². The summed E-state index contributed by atoms with van der Waals surface area (Å²) in [5, 5.41) is 10.3. The molecule has 0 aliphatic carbocycles. The molecule has 116 valence electrons. The van der Waals surface area contributed by atoms with Gasteiger partial charge < -0.3 is 5.11 Å². The number of likely N-dealkylation sites (tertiary alicyclic amines) is 1. The van der Waals surface area contributed by atoms with Crippen LogP contribution >= 0.6 is 34.5 Å². The second kappa shape index (κ2) is 6.59. The lowest BCUT2D eigenvalue weighted by molar-refractivity contribution is -0.142. The van der Waals surface area contributed by atoms with Crippen LogP contribution in [0.1, 0.15) is 17.7 Å². The van der Waals surface area contributed by atoms with Crippen LogP contribution < -0.4 is 0 Å². The van der Waals surface area contributed by atoms with Gasteiger partial charge in [-0.1, -0.05) is 29.3 Å². The van der Waals surface area contributed by atoms with Crippen molar-refractivity contribution in [1.82, 2.24) is 4.90 Å². The van der Waals surface area contributed by atoms with Gasteiger partial charge in [0, 0.05) is 16.3 Å². The average molecular weight is 356 g/mol. The number of halogens is 2. The highest BCUT2D eigenvalue weighted by atomic mass is 35.5. The summed E-state index contributed by atoms with van der Waals surface area (Å²) in [5.41, 5.74) is 1.03. The van der Waals surface area contributed by atoms with E-state index < -0.39 is 5.97 Å². The van der Waals surface area contributed by atoms with Gasteiger partial charge in [0.15, 0.2) is 0 Å². The lowest BCUT2D eigenvalue weighted by Crippen LogP contribution is -2.35. The largest absolute Gasteiger partial charge is 0.480 e. The zero-order chi connectivity index (χ0) is 15.7. The van der Waals surface area contributed by atoms with Crippen LogP contribution in [0.25, 0.3) is 10.4 Å². The van der Waals surface area contributed by atoms with E-state index in [4.69, 9.17) is 23.2 Å². The topological polar surface area (TPSA) is 40.5 Å². The van der Waals surface area contributed by atoms with E-state index in [9.17, 15) is 9.90 Å². The second-order valence-electron chi connectivity index (χ2n) is 5.36. The quantitative estimate of drug-likeness (QED) is 0.858. The van der Waals surface area contributed by atoms with Gasteiger partial charge in [-0.15, -0.1) is 11.3 Å². The van der Waals surface area contributed by atoms with Crippen molar-refractivity contribution in [3.63, 3.8) is 0 Å². The molecule has 0 spiro atoms. The molecule has 1 aromatic carbocycles. The number of carboxylic acids is 1. The van der Waals surface area contributed by atoms with Crippen molar-refractivity contribution in [2.24, 2.45) is 0 Å². The molecule has 0 bridgehead atoms. The number of hydrogen-bond donors (Lipinski definition) is 1. The van der Waals surface area contributed by atoms with Gasteiger partial charge in [0.05, 0.1) is 10.0 Å². The second-order valence-corrected chi connectivity index (χ2v) is 7.34. The zero-order valence-corrected chi connectivity index (χ0v) is 14.1. The molecule has 0 saturated carbocycles. The third kappa shape index (κ3) is 3.30. The first-order valence-electron chi connectivity index (χ1n) is 7.05. The monoisotopic (exact) mass is 355 g/mol. The summed E-state index contributed by atoms with van der Waals surface area (Å²) >= 11 is 13.7. The van der Waals surface area contributed by atoms with Gasteiger partial charge in [-0.3, -0.25) is 9.69 Å². The molecule has 1 aliphatic heterocycles. The molecule has 1 atom stereocenters. The minimum atomic E-state index is -0.723. The molecule has 3 rings (SSSR count). The first-order chi connectivity index (χ1) is 10.5. The van der Waals surface area contributed by atoms with Crippen LogP contribution in [-0.4, -0.2) is 28.6 Å². The predicted molar refractivity (Wildman–Crippen MR) is 90.8 cm³/mol. The summed E-state index contributed by atoms with van der Waals surface area (Å²) in [5.74, 6) is -0.723. The molecule has 2 aromatic rings. The van der Waals surface area contributed by atoms with E-state index in [1.165, 1.54) is 0 Å². The van der Waals surface area contributed by atoms with Gasteiger partial charge in [0.25, 0.3) is 0 Å². The molecule has 3 nitrogen and oxygen atoms in total. The number of thiophene rings is 1. The summed E-state index contributed by atoms with van der Waals surface area (Å²) < 4.78 is 0. The average Bonchev–Trinajstić information content (AvgIpc) is 3.11. The molecule has 0 amide bonds. The molecule has 1 aromatic heterocycles. The number of nitrogens with zero attached hydrogens (tertiary/aromatic N) is 1. The maximum absolute atomic E-state index is 11.2. The van der Waals surface area contributed by atoms with Crippen LogP contribution in [0.4, 0.5) is 0 Å². The van der Waals surface area contributed by atoms with Gasteiger partial charge in [0.2, 0.25) is 0 Å². The third-order valence-electron chi connectivity index (χ3n) is 3.87. The molecule has 0 radical (unpaired) electrons. The normalized spacial score (nSPS) is 18.7. The van der Waals surface area contributed by atoms with Crippen molar-refractivity contribution in [2.75, 3.05) is 6.54 Å².